The van der Waals surface area contributed by atoms with E-state index in [1.165, 1.54) is 12.0 Å². The van der Waals surface area contributed by atoms with Crippen LogP contribution in [0.2, 0.25) is 0 Å². The third-order valence-corrected chi connectivity index (χ3v) is 4.03. The van der Waals surface area contributed by atoms with Crippen LogP contribution in [-0.4, -0.2) is 5.97 Å². The summed E-state index contributed by atoms with van der Waals surface area (Å²) in [6.07, 6.45) is 3.42. The predicted octanol–water partition coefficient (Wildman–Crippen LogP) is -1.73. The van der Waals surface area contributed by atoms with Crippen molar-refractivity contribution in [3.63, 3.8) is 0 Å². The molecule has 0 aromatic heterocycles. The minimum atomic E-state index is -0.910. The van der Waals surface area contributed by atoms with Crippen LogP contribution in [-0.2, 0) is 4.79 Å². The second-order valence-electron chi connectivity index (χ2n) is 4.87. The second kappa shape index (κ2) is 3.70. The summed E-state index contributed by atoms with van der Waals surface area (Å²) in [5, 5.41) is 11.0. The number of allylic oxidation sites excluding steroid dienone is 1. The van der Waals surface area contributed by atoms with Gasteiger partial charge in [0.25, 0.3) is 0 Å². The van der Waals surface area contributed by atoms with E-state index in [-0.39, 0.29) is 56.8 Å². The SMILES string of the molecule is CC1(C)C(=C2CCC2)C1(C)C(=O)[O-].[K+]. The van der Waals surface area contributed by atoms with Crippen LogP contribution in [0.4, 0.5) is 0 Å². The molecule has 1 unspecified atom stereocenters. The van der Waals surface area contributed by atoms with Crippen molar-refractivity contribution in [1.82, 2.24) is 0 Å². The molecule has 0 spiro atoms. The molecule has 0 bridgehead atoms. The molecule has 0 saturated heterocycles. The monoisotopic (exact) mass is 218 g/mol. The summed E-state index contributed by atoms with van der Waals surface area (Å²) >= 11 is 0. The molecule has 0 heterocycles. The molecule has 2 saturated carbocycles. The molecule has 1 atom stereocenters. The zero-order valence-electron chi connectivity index (χ0n) is 9.44. The Morgan fingerprint density at radius 1 is 1.29 bits per heavy atom. The smallest absolute Gasteiger partial charge is 0.549 e. The maximum absolute atomic E-state index is 11.0. The fourth-order valence-electron chi connectivity index (χ4n) is 2.60. The fourth-order valence-corrected chi connectivity index (χ4v) is 2.60. The number of rotatable bonds is 1. The number of carboxylic acid groups (broad SMARTS) is 1. The van der Waals surface area contributed by atoms with Crippen molar-refractivity contribution in [2.75, 3.05) is 0 Å². The van der Waals surface area contributed by atoms with Gasteiger partial charge in [-0.15, -0.1) is 0 Å². The molecule has 0 aromatic carbocycles. The molecular formula is C11H15KO2. The molecule has 14 heavy (non-hydrogen) atoms. The van der Waals surface area contributed by atoms with Crippen LogP contribution in [0.3, 0.4) is 0 Å². The van der Waals surface area contributed by atoms with Crippen molar-refractivity contribution >= 4 is 5.97 Å². The van der Waals surface area contributed by atoms with E-state index in [1.807, 2.05) is 13.8 Å². The summed E-state index contributed by atoms with van der Waals surface area (Å²) in [6, 6.07) is 0. The zero-order chi connectivity index (χ0) is 9.85. The summed E-state index contributed by atoms with van der Waals surface area (Å²) in [5.41, 5.74) is 1.67. The maximum Gasteiger partial charge on any atom is 1.00 e. The standard InChI is InChI=1S/C11H16O2.K/c1-10(2)8(7-5-4-6-7)11(10,3)9(12)13;/h4-6H2,1-3H3,(H,12,13);/q;+1/p-1. The van der Waals surface area contributed by atoms with Crippen molar-refractivity contribution in [3.8, 4) is 0 Å². The van der Waals surface area contributed by atoms with Crippen molar-refractivity contribution in [3.05, 3.63) is 11.1 Å². The minimum Gasteiger partial charge on any atom is -0.549 e. The van der Waals surface area contributed by atoms with Crippen LogP contribution in [0.5, 0.6) is 0 Å². The summed E-state index contributed by atoms with van der Waals surface area (Å²) in [4.78, 5) is 11.0. The van der Waals surface area contributed by atoms with E-state index in [0.29, 0.717) is 0 Å². The molecule has 3 heteroatoms. The number of carbonyl (C=O) groups is 1. The Kier molecular flexibility index (Phi) is 3.41. The number of hydrogen-bond donors (Lipinski definition) is 0. The zero-order valence-corrected chi connectivity index (χ0v) is 12.6. The topological polar surface area (TPSA) is 40.1 Å². The molecule has 72 valence electrons. The number of carbonyl (C=O) groups excluding carboxylic acids is 1. The molecule has 0 aromatic rings. The number of hydrogen-bond acceptors (Lipinski definition) is 2. The average Bonchev–Trinajstić information content (AvgIpc) is 2.32. The van der Waals surface area contributed by atoms with Gasteiger partial charge in [0, 0.05) is 10.8 Å². The van der Waals surface area contributed by atoms with Crippen molar-refractivity contribution < 1.29 is 61.3 Å². The first-order valence-electron chi connectivity index (χ1n) is 4.87. The van der Waals surface area contributed by atoms with Crippen molar-refractivity contribution in [2.45, 2.75) is 40.0 Å². The van der Waals surface area contributed by atoms with Gasteiger partial charge in [-0.3, -0.25) is 0 Å². The molecule has 2 fully saturated rings. The summed E-state index contributed by atoms with van der Waals surface area (Å²) < 4.78 is 0. The first-order chi connectivity index (χ1) is 5.92. The van der Waals surface area contributed by atoms with Gasteiger partial charge in [0.05, 0.1) is 5.97 Å². The molecule has 2 aliphatic rings. The van der Waals surface area contributed by atoms with Gasteiger partial charge < -0.3 is 9.90 Å². The van der Waals surface area contributed by atoms with E-state index >= 15 is 0 Å². The van der Waals surface area contributed by atoms with Gasteiger partial charge in [-0.05, 0) is 26.2 Å². The van der Waals surface area contributed by atoms with Gasteiger partial charge in [-0.2, -0.15) is 0 Å². The Bertz CT molecular complexity index is 311. The Morgan fingerprint density at radius 3 is 2.00 bits per heavy atom. The van der Waals surface area contributed by atoms with Gasteiger partial charge in [0.2, 0.25) is 0 Å². The number of aliphatic carboxylic acids is 1. The largest absolute Gasteiger partial charge is 1.00 e. The van der Waals surface area contributed by atoms with E-state index in [4.69, 9.17) is 0 Å². The van der Waals surface area contributed by atoms with E-state index in [0.717, 1.165) is 18.4 Å². The minimum absolute atomic E-state index is 0. The van der Waals surface area contributed by atoms with E-state index < -0.39 is 11.4 Å². The summed E-state index contributed by atoms with van der Waals surface area (Å²) in [5.74, 6) is -0.910. The van der Waals surface area contributed by atoms with Crippen molar-refractivity contribution in [2.24, 2.45) is 10.8 Å². The third-order valence-electron chi connectivity index (χ3n) is 4.03. The molecule has 0 N–H and O–H groups in total. The van der Waals surface area contributed by atoms with Crippen LogP contribution < -0.4 is 56.5 Å². The normalized spacial score (nSPS) is 33.1. The van der Waals surface area contributed by atoms with Gasteiger partial charge >= 0.3 is 51.4 Å². The van der Waals surface area contributed by atoms with Gasteiger partial charge in [0.1, 0.15) is 0 Å². The van der Waals surface area contributed by atoms with Crippen LogP contribution in [0.15, 0.2) is 11.1 Å². The van der Waals surface area contributed by atoms with Crippen molar-refractivity contribution in [1.29, 1.82) is 0 Å². The molecule has 0 radical (unpaired) electrons. The van der Waals surface area contributed by atoms with Crippen LogP contribution in [0.1, 0.15) is 40.0 Å². The Balaban J connectivity index is 0.000000980. The van der Waals surface area contributed by atoms with Gasteiger partial charge in [-0.25, -0.2) is 0 Å². The first-order valence-corrected chi connectivity index (χ1v) is 4.87. The Morgan fingerprint density at radius 2 is 1.79 bits per heavy atom. The third kappa shape index (κ3) is 1.40. The quantitative estimate of drug-likeness (QED) is 0.387. The van der Waals surface area contributed by atoms with Gasteiger partial charge in [0.15, 0.2) is 0 Å². The molecule has 0 amide bonds. The average molecular weight is 218 g/mol. The number of carboxylic acids is 1. The van der Waals surface area contributed by atoms with Crippen LogP contribution in [0.25, 0.3) is 0 Å². The Hall–Kier alpha value is 0.846. The van der Waals surface area contributed by atoms with Crippen LogP contribution in [0, 0.1) is 10.8 Å². The van der Waals surface area contributed by atoms with E-state index in [2.05, 4.69) is 0 Å². The molecule has 0 aliphatic heterocycles. The maximum atomic E-state index is 11.0. The molecular weight excluding hydrogens is 203 g/mol. The van der Waals surface area contributed by atoms with E-state index in [1.54, 1.807) is 6.92 Å². The summed E-state index contributed by atoms with van der Waals surface area (Å²) in [6.45, 7) is 5.80. The molecule has 2 nitrogen and oxygen atoms in total. The van der Waals surface area contributed by atoms with Gasteiger partial charge in [-0.1, -0.05) is 25.0 Å². The fraction of sp³-hybridized carbons (Fsp3) is 0.727. The predicted molar refractivity (Wildman–Crippen MR) is 47.8 cm³/mol. The Labute approximate surface area is 128 Å². The van der Waals surface area contributed by atoms with E-state index in [9.17, 15) is 9.90 Å². The molecule has 2 rings (SSSR count). The molecule has 2 aliphatic carbocycles. The second-order valence-corrected chi connectivity index (χ2v) is 4.87. The van der Waals surface area contributed by atoms with Crippen LogP contribution >= 0.6 is 0 Å². The first kappa shape index (κ1) is 12.9. The summed E-state index contributed by atoms with van der Waals surface area (Å²) in [7, 11) is 0.